The molecule has 0 fully saturated rings. The summed E-state index contributed by atoms with van der Waals surface area (Å²) in [6, 6.07) is 9.51. The summed E-state index contributed by atoms with van der Waals surface area (Å²) in [5.74, 6) is 0. The third kappa shape index (κ3) is 2.31. The van der Waals surface area contributed by atoms with E-state index in [2.05, 4.69) is 22.0 Å². The van der Waals surface area contributed by atoms with Crippen LogP contribution in [-0.4, -0.2) is 19.6 Å². The molecule has 0 N–H and O–H groups in total. The van der Waals surface area contributed by atoms with E-state index < -0.39 is 0 Å². The van der Waals surface area contributed by atoms with E-state index in [4.69, 9.17) is 11.6 Å². The number of pyridine rings is 1. The summed E-state index contributed by atoms with van der Waals surface area (Å²) in [5, 5.41) is 5.02. The van der Waals surface area contributed by atoms with Crippen LogP contribution in [0.4, 0.5) is 0 Å². The van der Waals surface area contributed by atoms with Crippen molar-refractivity contribution in [3.8, 4) is 11.4 Å². The highest BCUT2D eigenvalue weighted by molar-refractivity contribution is 6.29. The SMILES string of the molecule is CCCc1cc(Cl)n2nc(-c3ccccn3)cc2n1. The van der Waals surface area contributed by atoms with Crippen molar-refractivity contribution in [2.45, 2.75) is 19.8 Å². The molecule has 3 heterocycles. The molecule has 4 nitrogen and oxygen atoms in total. The predicted octanol–water partition coefficient (Wildman–Crippen LogP) is 3.40. The predicted molar refractivity (Wildman–Crippen MR) is 75.2 cm³/mol. The van der Waals surface area contributed by atoms with Gasteiger partial charge in [0.2, 0.25) is 0 Å². The van der Waals surface area contributed by atoms with Crippen molar-refractivity contribution in [2.24, 2.45) is 0 Å². The number of hydrogen-bond acceptors (Lipinski definition) is 3. The number of hydrogen-bond donors (Lipinski definition) is 0. The Labute approximate surface area is 116 Å². The van der Waals surface area contributed by atoms with Gasteiger partial charge in [-0.2, -0.15) is 5.10 Å². The summed E-state index contributed by atoms with van der Waals surface area (Å²) < 4.78 is 1.64. The van der Waals surface area contributed by atoms with Gasteiger partial charge in [-0.3, -0.25) is 4.98 Å². The van der Waals surface area contributed by atoms with E-state index >= 15 is 0 Å². The maximum atomic E-state index is 6.24. The van der Waals surface area contributed by atoms with E-state index in [1.54, 1.807) is 10.7 Å². The van der Waals surface area contributed by atoms with E-state index in [1.165, 1.54) is 0 Å². The summed E-state index contributed by atoms with van der Waals surface area (Å²) in [7, 11) is 0. The molecule has 3 aromatic heterocycles. The van der Waals surface area contributed by atoms with Crippen LogP contribution in [-0.2, 0) is 6.42 Å². The highest BCUT2D eigenvalue weighted by Crippen LogP contribution is 2.20. The van der Waals surface area contributed by atoms with Crippen LogP contribution in [0, 0.1) is 0 Å². The first-order chi connectivity index (χ1) is 9.28. The highest BCUT2D eigenvalue weighted by Gasteiger charge is 2.10. The third-order valence-electron chi connectivity index (χ3n) is 2.87. The topological polar surface area (TPSA) is 43.1 Å². The van der Waals surface area contributed by atoms with E-state index in [-0.39, 0.29) is 0 Å². The monoisotopic (exact) mass is 272 g/mol. The number of fused-ring (bicyclic) bond motifs is 1. The van der Waals surface area contributed by atoms with Crippen molar-refractivity contribution in [2.75, 3.05) is 0 Å². The lowest BCUT2D eigenvalue weighted by Crippen LogP contribution is -1.97. The normalized spacial score (nSPS) is 11.1. The molecule has 0 atom stereocenters. The summed E-state index contributed by atoms with van der Waals surface area (Å²) >= 11 is 6.24. The van der Waals surface area contributed by atoms with Gasteiger partial charge >= 0.3 is 0 Å². The average Bonchev–Trinajstić information content (AvgIpc) is 2.85. The second-order valence-corrected chi connectivity index (χ2v) is 4.72. The van der Waals surface area contributed by atoms with Crippen LogP contribution in [0.1, 0.15) is 19.0 Å². The van der Waals surface area contributed by atoms with Crippen molar-refractivity contribution in [1.29, 1.82) is 0 Å². The van der Waals surface area contributed by atoms with Crippen LogP contribution in [0.5, 0.6) is 0 Å². The molecule has 0 aliphatic carbocycles. The lowest BCUT2D eigenvalue weighted by atomic mass is 10.2. The van der Waals surface area contributed by atoms with Gasteiger partial charge in [-0.05, 0) is 24.6 Å². The lowest BCUT2D eigenvalue weighted by Gasteiger charge is -2.00. The molecule has 0 unspecified atom stereocenters. The Bertz CT molecular complexity index is 706. The van der Waals surface area contributed by atoms with Crippen LogP contribution >= 0.6 is 11.6 Å². The largest absolute Gasteiger partial charge is 0.255 e. The molecule has 0 spiro atoms. The van der Waals surface area contributed by atoms with Crippen LogP contribution in [0.15, 0.2) is 36.5 Å². The van der Waals surface area contributed by atoms with E-state index in [0.717, 1.165) is 35.6 Å². The Hall–Kier alpha value is -1.94. The van der Waals surface area contributed by atoms with E-state index in [1.807, 2.05) is 30.3 Å². The molecule has 0 radical (unpaired) electrons. The Kier molecular flexibility index (Phi) is 3.17. The molecule has 5 heteroatoms. The molecular formula is C14H13ClN4. The summed E-state index contributed by atoms with van der Waals surface area (Å²) in [5.41, 5.74) is 3.36. The van der Waals surface area contributed by atoms with E-state index in [9.17, 15) is 0 Å². The molecule has 0 amide bonds. The van der Waals surface area contributed by atoms with Gasteiger partial charge in [0.05, 0.1) is 5.69 Å². The van der Waals surface area contributed by atoms with Gasteiger partial charge in [0.1, 0.15) is 10.8 Å². The fourth-order valence-corrected chi connectivity index (χ4v) is 2.26. The van der Waals surface area contributed by atoms with Crippen molar-refractivity contribution in [3.63, 3.8) is 0 Å². The quantitative estimate of drug-likeness (QED) is 0.687. The summed E-state index contributed by atoms with van der Waals surface area (Å²) in [4.78, 5) is 8.85. The van der Waals surface area contributed by atoms with Crippen LogP contribution in [0.25, 0.3) is 17.0 Å². The molecule has 0 aliphatic rings. The first-order valence-electron chi connectivity index (χ1n) is 6.24. The minimum absolute atomic E-state index is 0.579. The first-order valence-corrected chi connectivity index (χ1v) is 6.62. The van der Waals surface area contributed by atoms with Gasteiger partial charge < -0.3 is 0 Å². The third-order valence-corrected chi connectivity index (χ3v) is 3.14. The van der Waals surface area contributed by atoms with Crippen molar-refractivity contribution in [3.05, 3.63) is 47.4 Å². The van der Waals surface area contributed by atoms with Crippen LogP contribution in [0.2, 0.25) is 5.15 Å². The van der Waals surface area contributed by atoms with Crippen molar-refractivity contribution < 1.29 is 0 Å². The molecular weight excluding hydrogens is 260 g/mol. The zero-order chi connectivity index (χ0) is 13.2. The number of rotatable bonds is 3. The molecule has 0 bridgehead atoms. The lowest BCUT2D eigenvalue weighted by molar-refractivity contribution is 0.859. The Morgan fingerprint density at radius 3 is 2.84 bits per heavy atom. The fourth-order valence-electron chi connectivity index (χ4n) is 2.01. The van der Waals surface area contributed by atoms with Crippen LogP contribution < -0.4 is 0 Å². The molecule has 3 aromatic rings. The minimum atomic E-state index is 0.579. The standard InChI is InChI=1S/C14H13ClN4/c1-2-5-10-8-13(15)19-14(17-10)9-12(18-19)11-6-3-4-7-16-11/h3-4,6-9H,2,5H2,1H3. The fraction of sp³-hybridized carbons (Fsp3) is 0.214. The minimum Gasteiger partial charge on any atom is -0.255 e. The Balaban J connectivity index is 2.13. The Morgan fingerprint density at radius 2 is 2.11 bits per heavy atom. The highest BCUT2D eigenvalue weighted by atomic mass is 35.5. The summed E-state index contributed by atoms with van der Waals surface area (Å²) in [6.07, 6.45) is 3.71. The van der Waals surface area contributed by atoms with Gasteiger partial charge in [-0.15, -0.1) is 0 Å². The smallest absolute Gasteiger partial charge is 0.157 e. The van der Waals surface area contributed by atoms with Gasteiger partial charge in [-0.25, -0.2) is 9.50 Å². The molecule has 0 aliphatic heterocycles. The van der Waals surface area contributed by atoms with Gasteiger partial charge in [0.15, 0.2) is 5.65 Å². The number of aromatic nitrogens is 4. The summed E-state index contributed by atoms with van der Waals surface area (Å²) in [6.45, 7) is 2.12. The average molecular weight is 273 g/mol. The van der Waals surface area contributed by atoms with Crippen LogP contribution in [0.3, 0.4) is 0 Å². The second kappa shape index (κ2) is 4.97. The maximum absolute atomic E-state index is 6.24. The molecule has 96 valence electrons. The molecule has 0 saturated heterocycles. The van der Waals surface area contributed by atoms with Crippen molar-refractivity contribution in [1.82, 2.24) is 19.6 Å². The van der Waals surface area contributed by atoms with Gasteiger partial charge in [0, 0.05) is 18.0 Å². The first kappa shape index (κ1) is 12.1. The zero-order valence-corrected chi connectivity index (χ0v) is 11.3. The second-order valence-electron chi connectivity index (χ2n) is 4.33. The number of nitrogens with zero attached hydrogens (tertiary/aromatic N) is 4. The Morgan fingerprint density at radius 1 is 1.21 bits per heavy atom. The zero-order valence-electron chi connectivity index (χ0n) is 10.5. The van der Waals surface area contributed by atoms with Gasteiger partial charge in [0.25, 0.3) is 0 Å². The number of halogens is 1. The van der Waals surface area contributed by atoms with E-state index in [0.29, 0.717) is 5.15 Å². The molecule has 0 saturated carbocycles. The molecule has 3 rings (SSSR count). The molecule has 0 aromatic carbocycles. The maximum Gasteiger partial charge on any atom is 0.157 e. The molecule has 19 heavy (non-hydrogen) atoms. The van der Waals surface area contributed by atoms with Crippen molar-refractivity contribution >= 4 is 17.2 Å². The van der Waals surface area contributed by atoms with Gasteiger partial charge in [-0.1, -0.05) is 31.0 Å². The number of aryl methyl sites for hydroxylation is 1.